The van der Waals surface area contributed by atoms with E-state index in [0.29, 0.717) is 19.4 Å². The summed E-state index contributed by atoms with van der Waals surface area (Å²) >= 11 is 0. The van der Waals surface area contributed by atoms with Crippen LogP contribution in [0.5, 0.6) is 0 Å². The van der Waals surface area contributed by atoms with Crippen molar-refractivity contribution in [1.82, 2.24) is 10.2 Å². The molecule has 2 N–H and O–H groups in total. The van der Waals surface area contributed by atoms with Crippen LogP contribution in [0.4, 0.5) is 4.79 Å². The second kappa shape index (κ2) is 8.78. The molecule has 2 aliphatic carbocycles. The number of carboxylic acid groups (broad SMARTS) is 1. The van der Waals surface area contributed by atoms with Crippen molar-refractivity contribution in [2.45, 2.75) is 56.5 Å². The van der Waals surface area contributed by atoms with Crippen molar-refractivity contribution >= 4 is 18.0 Å². The summed E-state index contributed by atoms with van der Waals surface area (Å²) in [5.41, 5.74) is 3.31. The van der Waals surface area contributed by atoms with Crippen LogP contribution in [0.1, 0.15) is 56.1 Å². The molecule has 2 amide bonds. The van der Waals surface area contributed by atoms with Gasteiger partial charge in [-0.1, -0.05) is 55.0 Å². The van der Waals surface area contributed by atoms with Crippen LogP contribution >= 0.6 is 0 Å². The number of carboxylic acids is 1. The highest BCUT2D eigenvalue weighted by molar-refractivity contribution is 5.92. The van der Waals surface area contributed by atoms with Gasteiger partial charge in [-0.2, -0.15) is 0 Å². The number of nitrogens with one attached hydrogen (secondary N) is 1. The SMILES string of the molecule is CC1(C(=O)O)CCCN1C(=O)C(NC(=O)OCC1c2ccccc2-c2ccccc21)C1CCC1. The van der Waals surface area contributed by atoms with Gasteiger partial charge in [0.25, 0.3) is 0 Å². The van der Waals surface area contributed by atoms with Gasteiger partial charge in [-0.3, -0.25) is 4.79 Å². The van der Waals surface area contributed by atoms with Gasteiger partial charge >= 0.3 is 12.1 Å². The quantitative estimate of drug-likeness (QED) is 0.672. The zero-order valence-electron chi connectivity index (χ0n) is 19.3. The molecule has 34 heavy (non-hydrogen) atoms. The maximum absolute atomic E-state index is 13.4. The Bertz CT molecular complexity index is 1080. The Hall–Kier alpha value is -3.35. The third kappa shape index (κ3) is 3.73. The molecule has 2 unspecified atom stereocenters. The minimum Gasteiger partial charge on any atom is -0.480 e. The molecule has 1 aliphatic heterocycles. The lowest BCUT2D eigenvalue weighted by atomic mass is 9.79. The lowest BCUT2D eigenvalue weighted by Gasteiger charge is -2.39. The lowest BCUT2D eigenvalue weighted by Crippen LogP contribution is -2.59. The molecule has 0 aromatic heterocycles. The van der Waals surface area contributed by atoms with Crippen LogP contribution in [0.25, 0.3) is 11.1 Å². The molecule has 0 radical (unpaired) electrons. The van der Waals surface area contributed by atoms with E-state index in [4.69, 9.17) is 4.74 Å². The highest BCUT2D eigenvalue weighted by atomic mass is 16.5. The molecular formula is C27H30N2O5. The number of likely N-dealkylation sites (tertiary alicyclic amines) is 1. The summed E-state index contributed by atoms with van der Waals surface area (Å²) in [7, 11) is 0. The first-order chi connectivity index (χ1) is 16.4. The monoisotopic (exact) mass is 462 g/mol. The highest BCUT2D eigenvalue weighted by Gasteiger charge is 2.49. The van der Waals surface area contributed by atoms with Gasteiger partial charge in [0.1, 0.15) is 18.2 Å². The number of aliphatic carboxylic acids is 1. The van der Waals surface area contributed by atoms with Crippen LogP contribution in [0.15, 0.2) is 48.5 Å². The number of hydrogen-bond acceptors (Lipinski definition) is 4. The number of hydrogen-bond donors (Lipinski definition) is 2. The fourth-order valence-electron chi connectivity index (χ4n) is 5.63. The van der Waals surface area contributed by atoms with E-state index in [-0.39, 0.29) is 24.3 Å². The fraction of sp³-hybridized carbons (Fsp3) is 0.444. The number of rotatable bonds is 6. The Morgan fingerprint density at radius 3 is 2.24 bits per heavy atom. The molecule has 7 nitrogen and oxygen atoms in total. The maximum Gasteiger partial charge on any atom is 0.407 e. The number of alkyl carbamates (subject to hydrolysis) is 1. The summed E-state index contributed by atoms with van der Waals surface area (Å²) in [5, 5.41) is 12.5. The van der Waals surface area contributed by atoms with E-state index >= 15 is 0 Å². The van der Waals surface area contributed by atoms with Crippen LogP contribution in [-0.2, 0) is 14.3 Å². The minimum atomic E-state index is -1.23. The third-order valence-corrected chi connectivity index (χ3v) is 7.87. The van der Waals surface area contributed by atoms with Crippen LogP contribution in [0, 0.1) is 5.92 Å². The van der Waals surface area contributed by atoms with Gasteiger partial charge in [0.2, 0.25) is 5.91 Å². The molecule has 3 aliphatic rings. The van der Waals surface area contributed by atoms with E-state index in [1.807, 2.05) is 24.3 Å². The number of carbonyl (C=O) groups is 3. The second-order valence-electron chi connectivity index (χ2n) is 9.81. The molecule has 0 spiro atoms. The van der Waals surface area contributed by atoms with Crippen molar-refractivity contribution < 1.29 is 24.2 Å². The molecule has 2 fully saturated rings. The average Bonchev–Trinajstić information content (AvgIpc) is 3.35. The molecule has 0 bridgehead atoms. The van der Waals surface area contributed by atoms with Crippen molar-refractivity contribution in [2.24, 2.45) is 5.92 Å². The number of nitrogens with zero attached hydrogens (tertiary/aromatic N) is 1. The van der Waals surface area contributed by atoms with Crippen molar-refractivity contribution in [3.05, 3.63) is 59.7 Å². The largest absolute Gasteiger partial charge is 0.480 e. The molecule has 2 aromatic rings. The molecule has 7 heteroatoms. The predicted molar refractivity (Wildman–Crippen MR) is 126 cm³/mol. The summed E-state index contributed by atoms with van der Waals surface area (Å²) in [4.78, 5) is 39.6. The summed E-state index contributed by atoms with van der Waals surface area (Å²) in [6, 6.07) is 15.5. The van der Waals surface area contributed by atoms with E-state index < -0.39 is 23.6 Å². The molecular weight excluding hydrogens is 432 g/mol. The van der Waals surface area contributed by atoms with Gasteiger partial charge in [-0.25, -0.2) is 9.59 Å². The Morgan fingerprint density at radius 2 is 1.68 bits per heavy atom. The highest BCUT2D eigenvalue weighted by Crippen LogP contribution is 2.44. The normalized spacial score (nSPS) is 22.4. The van der Waals surface area contributed by atoms with E-state index in [2.05, 4.69) is 29.6 Å². The first-order valence-electron chi connectivity index (χ1n) is 12.1. The first kappa shape index (κ1) is 22.4. The third-order valence-electron chi connectivity index (χ3n) is 7.87. The fourth-order valence-corrected chi connectivity index (χ4v) is 5.63. The lowest BCUT2D eigenvalue weighted by molar-refractivity contribution is -0.157. The molecule has 178 valence electrons. The molecule has 2 aromatic carbocycles. The van der Waals surface area contributed by atoms with Crippen molar-refractivity contribution in [3.8, 4) is 11.1 Å². The van der Waals surface area contributed by atoms with Gasteiger partial charge in [0, 0.05) is 12.5 Å². The summed E-state index contributed by atoms with van der Waals surface area (Å²) < 4.78 is 5.66. The summed E-state index contributed by atoms with van der Waals surface area (Å²) in [5.74, 6) is -1.39. The zero-order chi connectivity index (χ0) is 23.9. The number of benzene rings is 2. The Morgan fingerprint density at radius 1 is 1.06 bits per heavy atom. The second-order valence-corrected chi connectivity index (χ2v) is 9.81. The van der Waals surface area contributed by atoms with Crippen molar-refractivity contribution in [1.29, 1.82) is 0 Å². The van der Waals surface area contributed by atoms with E-state index in [0.717, 1.165) is 41.5 Å². The van der Waals surface area contributed by atoms with E-state index in [1.165, 1.54) is 4.90 Å². The van der Waals surface area contributed by atoms with Crippen LogP contribution in [0.2, 0.25) is 0 Å². The molecule has 1 heterocycles. The predicted octanol–water partition coefficient (Wildman–Crippen LogP) is 4.16. The van der Waals surface area contributed by atoms with Gasteiger partial charge in [0.15, 0.2) is 0 Å². The van der Waals surface area contributed by atoms with Gasteiger partial charge in [0.05, 0.1) is 0 Å². The molecule has 1 saturated heterocycles. The van der Waals surface area contributed by atoms with Crippen LogP contribution in [-0.4, -0.2) is 52.7 Å². The van der Waals surface area contributed by atoms with Gasteiger partial charge in [-0.15, -0.1) is 0 Å². The number of ether oxygens (including phenoxy) is 1. The van der Waals surface area contributed by atoms with Crippen LogP contribution < -0.4 is 5.32 Å². The van der Waals surface area contributed by atoms with Crippen molar-refractivity contribution in [3.63, 3.8) is 0 Å². The number of amides is 2. The number of fused-ring (bicyclic) bond motifs is 3. The maximum atomic E-state index is 13.4. The summed E-state index contributed by atoms with van der Waals surface area (Å²) in [6.45, 7) is 2.14. The average molecular weight is 463 g/mol. The topological polar surface area (TPSA) is 95.9 Å². The van der Waals surface area contributed by atoms with E-state index in [9.17, 15) is 19.5 Å². The molecule has 5 rings (SSSR count). The zero-order valence-corrected chi connectivity index (χ0v) is 19.3. The standard InChI is InChI=1S/C27H30N2O5/c1-27(25(31)32)14-7-15-29(27)24(30)23(17-8-6-9-17)28-26(33)34-16-22-20-12-4-2-10-18(20)19-11-3-5-13-21(19)22/h2-5,10-13,17,22-23H,6-9,14-16H2,1H3,(H,28,33)(H,31,32). The molecule has 1 saturated carbocycles. The Kier molecular flexibility index (Phi) is 5.80. The number of carbonyl (C=O) groups excluding carboxylic acids is 2. The minimum absolute atomic E-state index is 0.00614. The smallest absolute Gasteiger partial charge is 0.407 e. The Labute approximate surface area is 199 Å². The first-order valence-corrected chi connectivity index (χ1v) is 12.1. The molecule has 2 atom stereocenters. The van der Waals surface area contributed by atoms with Crippen molar-refractivity contribution in [2.75, 3.05) is 13.2 Å². The van der Waals surface area contributed by atoms with Gasteiger partial charge < -0.3 is 20.1 Å². The Balaban J connectivity index is 1.29. The van der Waals surface area contributed by atoms with E-state index in [1.54, 1.807) is 6.92 Å². The summed E-state index contributed by atoms with van der Waals surface area (Å²) in [6.07, 6.45) is 3.07. The van der Waals surface area contributed by atoms with Gasteiger partial charge in [-0.05, 0) is 60.8 Å². The van der Waals surface area contributed by atoms with Crippen LogP contribution in [0.3, 0.4) is 0 Å².